The molecule has 2 rings (SSSR count). The summed E-state index contributed by atoms with van der Waals surface area (Å²) in [4.78, 5) is 11.3. The van der Waals surface area contributed by atoms with Gasteiger partial charge < -0.3 is 9.72 Å². The highest BCUT2D eigenvalue weighted by molar-refractivity contribution is 7.71. The van der Waals surface area contributed by atoms with Crippen LogP contribution in [-0.2, 0) is 11.3 Å². The van der Waals surface area contributed by atoms with Crippen LogP contribution in [-0.4, -0.2) is 22.1 Å². The number of H-pyrrole nitrogens is 1. The fourth-order valence-electron chi connectivity index (χ4n) is 1.40. The molecule has 0 amide bonds. The molecule has 0 aliphatic heterocycles. The fraction of sp³-hybridized carbons (Fsp3) is 0.182. The van der Waals surface area contributed by atoms with Gasteiger partial charge in [-0.1, -0.05) is 12.2 Å². The van der Waals surface area contributed by atoms with Gasteiger partial charge in [0.2, 0.25) is 0 Å². The van der Waals surface area contributed by atoms with Crippen LogP contribution in [0, 0.1) is 4.64 Å². The van der Waals surface area contributed by atoms with E-state index in [9.17, 15) is 0 Å². The van der Waals surface area contributed by atoms with Gasteiger partial charge >= 0.3 is 0 Å². The zero-order chi connectivity index (χ0) is 11.4. The van der Waals surface area contributed by atoms with Crippen LogP contribution in [0.4, 0.5) is 0 Å². The molecule has 1 N–H and O–H groups in total. The van der Waals surface area contributed by atoms with E-state index in [-0.39, 0.29) is 0 Å². The summed E-state index contributed by atoms with van der Waals surface area (Å²) in [6, 6.07) is 5.65. The van der Waals surface area contributed by atoms with Crippen molar-refractivity contribution in [3.8, 4) is 11.3 Å². The molecule has 0 spiro atoms. The number of ether oxygens (including phenoxy) is 1. The van der Waals surface area contributed by atoms with Gasteiger partial charge in [0.25, 0.3) is 0 Å². The third-order valence-electron chi connectivity index (χ3n) is 2.06. The number of nitrogens with one attached hydrogen (secondary N) is 1. The van der Waals surface area contributed by atoms with E-state index in [2.05, 4.69) is 15.0 Å². The zero-order valence-corrected chi connectivity index (χ0v) is 9.62. The summed E-state index contributed by atoms with van der Waals surface area (Å²) in [6.45, 7) is 0.419. The second-order valence-electron chi connectivity index (χ2n) is 3.25. The van der Waals surface area contributed by atoms with Crippen LogP contribution < -0.4 is 0 Å². The molecule has 0 bridgehead atoms. The molecule has 0 saturated carbocycles. The van der Waals surface area contributed by atoms with Crippen LogP contribution in [0.1, 0.15) is 5.82 Å². The third kappa shape index (κ3) is 2.50. The molecule has 0 saturated heterocycles. The van der Waals surface area contributed by atoms with Gasteiger partial charge in [0.05, 0.1) is 0 Å². The molecule has 0 radical (unpaired) electrons. The molecular formula is C11H11N3OS. The summed E-state index contributed by atoms with van der Waals surface area (Å²) < 4.78 is 5.57. The molecule has 0 aliphatic carbocycles. The van der Waals surface area contributed by atoms with Crippen LogP contribution in [0.25, 0.3) is 11.3 Å². The van der Waals surface area contributed by atoms with Crippen molar-refractivity contribution in [3.05, 3.63) is 41.1 Å². The summed E-state index contributed by atoms with van der Waals surface area (Å²) in [5, 5.41) is 0. The Labute approximate surface area is 98.3 Å². The Bertz CT molecular complexity index is 524. The van der Waals surface area contributed by atoms with Crippen LogP contribution in [0.2, 0.25) is 0 Å². The molecule has 2 aromatic rings. The molecule has 2 heterocycles. The van der Waals surface area contributed by atoms with E-state index in [4.69, 9.17) is 17.0 Å². The predicted octanol–water partition coefficient (Wildman–Crippen LogP) is 2.35. The van der Waals surface area contributed by atoms with E-state index in [0.717, 1.165) is 17.1 Å². The standard InChI is InChI=1S/C11H11N3OS/c1-15-7-10-13-9(6-11(16)14-10)8-2-4-12-5-3-8/h2-6H,7H2,1H3,(H,13,14,16). The first kappa shape index (κ1) is 10.9. The Morgan fingerprint density at radius 1 is 1.38 bits per heavy atom. The Morgan fingerprint density at radius 2 is 2.12 bits per heavy atom. The summed E-state index contributed by atoms with van der Waals surface area (Å²) in [5.41, 5.74) is 1.95. The quantitative estimate of drug-likeness (QED) is 0.827. The molecule has 82 valence electrons. The predicted molar refractivity (Wildman–Crippen MR) is 63.4 cm³/mol. The van der Waals surface area contributed by atoms with E-state index < -0.39 is 0 Å². The zero-order valence-electron chi connectivity index (χ0n) is 8.80. The number of rotatable bonds is 3. The van der Waals surface area contributed by atoms with Crippen LogP contribution in [0.15, 0.2) is 30.6 Å². The molecule has 0 fully saturated rings. The maximum Gasteiger partial charge on any atom is 0.134 e. The molecule has 0 atom stereocenters. The summed E-state index contributed by atoms with van der Waals surface area (Å²) in [5.74, 6) is 0.724. The minimum absolute atomic E-state index is 0.419. The third-order valence-corrected chi connectivity index (χ3v) is 2.27. The highest BCUT2D eigenvalue weighted by atomic mass is 32.1. The minimum atomic E-state index is 0.419. The normalized spacial score (nSPS) is 10.3. The fourth-order valence-corrected chi connectivity index (χ4v) is 1.63. The first-order chi connectivity index (χ1) is 7.79. The van der Waals surface area contributed by atoms with Crippen molar-refractivity contribution < 1.29 is 4.74 Å². The minimum Gasteiger partial charge on any atom is -0.377 e. The highest BCUT2D eigenvalue weighted by Gasteiger charge is 2.01. The smallest absolute Gasteiger partial charge is 0.134 e. The average Bonchev–Trinajstić information content (AvgIpc) is 2.30. The lowest BCUT2D eigenvalue weighted by atomic mass is 10.2. The maximum atomic E-state index is 5.10. The van der Waals surface area contributed by atoms with Crippen molar-refractivity contribution in [1.29, 1.82) is 0 Å². The van der Waals surface area contributed by atoms with Gasteiger partial charge in [0.1, 0.15) is 17.1 Å². The van der Waals surface area contributed by atoms with Crippen molar-refractivity contribution in [2.75, 3.05) is 7.11 Å². The molecule has 2 aromatic heterocycles. The number of nitrogens with zero attached hydrogens (tertiary/aromatic N) is 2. The number of hydrogen-bond donors (Lipinski definition) is 1. The summed E-state index contributed by atoms with van der Waals surface area (Å²) in [6.07, 6.45) is 3.48. The van der Waals surface area contributed by atoms with Crippen LogP contribution in [0.3, 0.4) is 0 Å². The summed E-state index contributed by atoms with van der Waals surface area (Å²) >= 11 is 5.10. The topological polar surface area (TPSA) is 50.8 Å². The lowest BCUT2D eigenvalue weighted by molar-refractivity contribution is 0.177. The first-order valence-corrected chi connectivity index (χ1v) is 5.20. The Kier molecular flexibility index (Phi) is 3.38. The van der Waals surface area contributed by atoms with Crippen LogP contribution in [0.5, 0.6) is 0 Å². The van der Waals surface area contributed by atoms with Gasteiger partial charge in [-0.15, -0.1) is 0 Å². The molecule has 0 aliphatic rings. The van der Waals surface area contributed by atoms with E-state index in [1.807, 2.05) is 18.2 Å². The van der Waals surface area contributed by atoms with Gasteiger partial charge in [-0.25, -0.2) is 4.98 Å². The van der Waals surface area contributed by atoms with Crippen LogP contribution >= 0.6 is 12.2 Å². The molecule has 0 aromatic carbocycles. The number of aromatic amines is 1. The number of aromatic nitrogens is 3. The SMILES string of the molecule is COCc1nc(=S)cc(-c2ccncc2)[nH]1. The maximum absolute atomic E-state index is 5.10. The van der Waals surface area contributed by atoms with Crippen molar-refractivity contribution in [1.82, 2.24) is 15.0 Å². The second kappa shape index (κ2) is 4.96. The van der Waals surface area contributed by atoms with E-state index >= 15 is 0 Å². The van der Waals surface area contributed by atoms with Crippen molar-refractivity contribution in [3.63, 3.8) is 0 Å². The molecular weight excluding hydrogens is 222 g/mol. The van der Waals surface area contributed by atoms with E-state index in [1.54, 1.807) is 19.5 Å². The summed E-state index contributed by atoms with van der Waals surface area (Å²) in [7, 11) is 1.62. The highest BCUT2D eigenvalue weighted by Crippen LogP contribution is 2.15. The Hall–Kier alpha value is -1.59. The van der Waals surface area contributed by atoms with E-state index in [0.29, 0.717) is 11.2 Å². The van der Waals surface area contributed by atoms with Crippen molar-refractivity contribution in [2.24, 2.45) is 0 Å². The molecule has 16 heavy (non-hydrogen) atoms. The van der Waals surface area contributed by atoms with Gasteiger partial charge in [0, 0.05) is 30.8 Å². The van der Waals surface area contributed by atoms with E-state index in [1.165, 1.54) is 0 Å². The largest absolute Gasteiger partial charge is 0.377 e. The monoisotopic (exact) mass is 233 g/mol. The first-order valence-electron chi connectivity index (χ1n) is 4.79. The van der Waals surface area contributed by atoms with Gasteiger partial charge in [0.15, 0.2) is 0 Å². The van der Waals surface area contributed by atoms with Gasteiger partial charge in [-0.3, -0.25) is 4.98 Å². The van der Waals surface area contributed by atoms with Crippen molar-refractivity contribution in [2.45, 2.75) is 6.61 Å². The lowest BCUT2D eigenvalue weighted by Gasteiger charge is -2.04. The second-order valence-corrected chi connectivity index (χ2v) is 3.67. The van der Waals surface area contributed by atoms with Gasteiger partial charge in [-0.2, -0.15) is 0 Å². The molecule has 5 heteroatoms. The lowest BCUT2D eigenvalue weighted by Crippen LogP contribution is -1.98. The Morgan fingerprint density at radius 3 is 2.81 bits per heavy atom. The molecule has 4 nitrogen and oxygen atoms in total. The number of pyridine rings is 1. The Balaban J connectivity index is 2.45. The number of hydrogen-bond acceptors (Lipinski definition) is 4. The average molecular weight is 233 g/mol. The van der Waals surface area contributed by atoms with Crippen molar-refractivity contribution >= 4 is 12.2 Å². The number of methoxy groups -OCH3 is 1. The molecule has 0 unspecified atom stereocenters. The van der Waals surface area contributed by atoms with Gasteiger partial charge in [-0.05, 0) is 18.2 Å².